The van der Waals surface area contributed by atoms with Crippen LogP contribution in [0.4, 0.5) is 23.9 Å². The predicted octanol–water partition coefficient (Wildman–Crippen LogP) is 2.33. The van der Waals surface area contributed by atoms with Gasteiger partial charge in [-0.2, -0.15) is 23.1 Å². The highest BCUT2D eigenvalue weighted by atomic mass is 127. The van der Waals surface area contributed by atoms with E-state index in [4.69, 9.17) is 14.2 Å². The summed E-state index contributed by atoms with van der Waals surface area (Å²) in [5, 5.41) is 2.05. The highest BCUT2D eigenvalue weighted by Gasteiger charge is 2.39. The summed E-state index contributed by atoms with van der Waals surface area (Å²) in [5.41, 5.74) is 0. The van der Waals surface area contributed by atoms with E-state index in [0.29, 0.717) is 0 Å². The van der Waals surface area contributed by atoms with Crippen LogP contribution in [0.2, 0.25) is 0 Å². The van der Waals surface area contributed by atoms with E-state index in [0.717, 1.165) is 13.0 Å². The van der Waals surface area contributed by atoms with E-state index in [1.54, 1.807) is 27.3 Å². The molecule has 1 aromatic carbocycles. The molecule has 0 spiro atoms. The Morgan fingerprint density at radius 1 is 1.13 bits per heavy atom. The molecule has 11 nitrogen and oxygen atoms in total. The molecular weight excluding hydrogens is 562 g/mol. The lowest BCUT2D eigenvalue weighted by Crippen LogP contribution is -2.36. The fourth-order valence-electron chi connectivity index (χ4n) is 1.98. The van der Waals surface area contributed by atoms with Gasteiger partial charge in [-0.05, 0) is 41.6 Å². The molecule has 31 heavy (non-hydrogen) atoms. The molecule has 0 radical (unpaired) electrons. The maximum atomic E-state index is 12.8. The zero-order chi connectivity index (χ0) is 23.4. The van der Waals surface area contributed by atoms with Gasteiger partial charge in [-0.1, -0.05) is 6.07 Å². The third-order valence-corrected chi connectivity index (χ3v) is 6.05. The topological polar surface area (TPSA) is 142 Å². The molecule has 0 aliphatic carbocycles. The molecule has 2 rings (SSSR count). The molecule has 0 saturated carbocycles. The molecule has 170 valence electrons. The van der Waals surface area contributed by atoms with Gasteiger partial charge in [0, 0.05) is 3.57 Å². The van der Waals surface area contributed by atoms with Crippen LogP contribution >= 0.6 is 22.6 Å². The monoisotopic (exact) mass is 577 g/mol. The van der Waals surface area contributed by atoms with Crippen molar-refractivity contribution in [3.8, 4) is 17.8 Å². The molecule has 0 saturated heterocycles. The second-order valence-electron chi connectivity index (χ2n) is 5.56. The Bertz CT molecular complexity index is 1050. The summed E-state index contributed by atoms with van der Waals surface area (Å²) in [6.07, 6.45) is -7.03. The molecule has 1 atom stereocenters. The van der Waals surface area contributed by atoms with E-state index in [1.165, 1.54) is 26.4 Å². The third-order valence-electron chi connectivity index (χ3n) is 3.38. The first-order chi connectivity index (χ1) is 14.4. The maximum absolute atomic E-state index is 12.8. The van der Waals surface area contributed by atoms with Crippen molar-refractivity contribution in [3.05, 3.63) is 21.8 Å². The van der Waals surface area contributed by atoms with Crippen LogP contribution < -0.4 is 24.2 Å². The Hall–Kier alpha value is -2.63. The lowest BCUT2D eigenvalue weighted by molar-refractivity contribution is -0.189. The summed E-state index contributed by atoms with van der Waals surface area (Å²) >= 11 is 1.59. The summed E-state index contributed by atoms with van der Waals surface area (Å²) in [5.74, 6) is -0.984. The van der Waals surface area contributed by atoms with Gasteiger partial charge in [0.15, 0.2) is 6.10 Å². The highest BCUT2D eigenvalue weighted by molar-refractivity contribution is 14.1. The summed E-state index contributed by atoms with van der Waals surface area (Å²) in [4.78, 5) is 22.7. The minimum Gasteiger partial charge on any atom is -0.480 e. The lowest BCUT2D eigenvalue weighted by Gasteiger charge is -2.20. The van der Waals surface area contributed by atoms with Crippen molar-refractivity contribution in [3.63, 3.8) is 0 Å². The Balaban J connectivity index is 2.29. The molecule has 0 fully saturated rings. The van der Waals surface area contributed by atoms with Crippen LogP contribution in [0.15, 0.2) is 23.1 Å². The molecule has 1 aromatic heterocycles. The van der Waals surface area contributed by atoms with Crippen LogP contribution in [0.3, 0.4) is 0 Å². The second-order valence-corrected chi connectivity index (χ2v) is 8.34. The zero-order valence-electron chi connectivity index (χ0n) is 16.0. The number of hydrogen-bond donors (Lipinski definition) is 2. The van der Waals surface area contributed by atoms with Crippen molar-refractivity contribution >= 4 is 44.6 Å². The van der Waals surface area contributed by atoms with E-state index in [9.17, 15) is 26.4 Å². The average Bonchev–Trinajstić information content (AvgIpc) is 2.66. The van der Waals surface area contributed by atoms with Crippen LogP contribution in [0.5, 0.6) is 17.8 Å². The number of halogens is 4. The molecule has 2 amide bonds. The van der Waals surface area contributed by atoms with Crippen LogP contribution in [0, 0.1) is 3.57 Å². The fraction of sp³-hybridized carbons (Fsp3) is 0.333. The molecule has 16 heteroatoms. The fourth-order valence-corrected chi connectivity index (χ4v) is 4.42. The number of rotatable bonds is 7. The number of carbonyl (C=O) groups excluding carboxylic acids is 1. The maximum Gasteiger partial charge on any atom is 0.425 e. The highest BCUT2D eigenvalue weighted by Crippen LogP contribution is 2.32. The number of nitrogens with one attached hydrogen (secondary N) is 2. The minimum absolute atomic E-state index is 0.0216. The number of hydrogen-bond acceptors (Lipinski definition) is 9. The van der Waals surface area contributed by atoms with Gasteiger partial charge >= 0.3 is 24.2 Å². The first kappa shape index (κ1) is 24.6. The van der Waals surface area contributed by atoms with Crippen LogP contribution in [0.1, 0.15) is 6.92 Å². The number of methoxy groups -OCH3 is 2. The lowest BCUT2D eigenvalue weighted by atomic mass is 10.3. The molecule has 0 aliphatic rings. The van der Waals surface area contributed by atoms with Gasteiger partial charge in [-0.25, -0.2) is 17.9 Å². The molecule has 0 aliphatic heterocycles. The van der Waals surface area contributed by atoms with Crippen molar-refractivity contribution in [1.82, 2.24) is 19.7 Å². The Kier molecular flexibility index (Phi) is 7.68. The first-order valence-corrected chi connectivity index (χ1v) is 10.6. The van der Waals surface area contributed by atoms with E-state index >= 15 is 0 Å². The summed E-state index contributed by atoms with van der Waals surface area (Å²) in [6.45, 7) is 0.720. The van der Waals surface area contributed by atoms with Crippen LogP contribution in [0.25, 0.3) is 0 Å². The standard InChI is InChI=1S/C15H15F3IN5O6S/c1-7(15(16,17)18)30-9-6-4-5-8(19)10(9)31(26,27)24-12(25)20-11-21-13(28-2)23-14(22-11)29-3/h4-7H,1-3H3,(H2,20,21,22,23,24,25). The number of ether oxygens (including phenoxy) is 3. The van der Waals surface area contributed by atoms with Gasteiger partial charge in [0.05, 0.1) is 14.2 Å². The quantitative estimate of drug-likeness (QED) is 0.475. The number of urea groups is 1. The third kappa shape index (κ3) is 6.42. The first-order valence-electron chi connectivity index (χ1n) is 8.07. The number of anilines is 1. The minimum atomic E-state index is -4.73. The summed E-state index contributed by atoms with van der Waals surface area (Å²) in [7, 11) is -2.18. The predicted molar refractivity (Wildman–Crippen MR) is 108 cm³/mol. The molecule has 2 aromatic rings. The number of nitrogens with zero attached hydrogens (tertiary/aromatic N) is 3. The van der Waals surface area contributed by atoms with Gasteiger partial charge in [-0.15, -0.1) is 4.98 Å². The average molecular weight is 577 g/mol. The Morgan fingerprint density at radius 2 is 1.71 bits per heavy atom. The number of sulfonamides is 1. The van der Waals surface area contributed by atoms with Crippen LogP contribution in [-0.4, -0.2) is 55.9 Å². The number of aromatic nitrogens is 3. The normalized spacial score (nSPS) is 12.6. The number of carbonyl (C=O) groups is 1. The van der Waals surface area contributed by atoms with Crippen molar-refractivity contribution in [2.75, 3.05) is 19.5 Å². The molecule has 0 bridgehead atoms. The summed E-state index contributed by atoms with van der Waals surface area (Å²) in [6, 6.07) is 1.92. The number of benzene rings is 1. The van der Waals surface area contributed by atoms with E-state index in [2.05, 4.69) is 15.0 Å². The van der Waals surface area contributed by atoms with Gasteiger partial charge in [0.25, 0.3) is 10.0 Å². The van der Waals surface area contributed by atoms with Crippen molar-refractivity contribution < 1.29 is 40.6 Å². The summed E-state index contributed by atoms with van der Waals surface area (Å²) < 4.78 is 80.0. The molecule has 1 heterocycles. The zero-order valence-corrected chi connectivity index (χ0v) is 19.0. The van der Waals surface area contributed by atoms with Gasteiger partial charge in [0.2, 0.25) is 5.95 Å². The Morgan fingerprint density at radius 3 is 2.23 bits per heavy atom. The SMILES string of the molecule is COc1nc(NC(=O)NS(=O)(=O)c2c(I)cccc2OC(C)C(F)(F)F)nc(OC)n1. The van der Waals surface area contributed by atoms with Crippen LogP contribution in [-0.2, 0) is 10.0 Å². The van der Waals surface area contributed by atoms with Crippen molar-refractivity contribution in [2.24, 2.45) is 0 Å². The number of alkyl halides is 3. The van der Waals surface area contributed by atoms with Crippen molar-refractivity contribution in [1.29, 1.82) is 0 Å². The smallest absolute Gasteiger partial charge is 0.425 e. The molecular formula is C15H15F3IN5O6S. The van der Waals surface area contributed by atoms with E-state index in [-0.39, 0.29) is 15.6 Å². The largest absolute Gasteiger partial charge is 0.480 e. The van der Waals surface area contributed by atoms with Gasteiger partial charge in [0.1, 0.15) is 10.6 Å². The number of amides is 2. The Labute approximate surface area is 187 Å². The van der Waals surface area contributed by atoms with Gasteiger partial charge < -0.3 is 14.2 Å². The van der Waals surface area contributed by atoms with Gasteiger partial charge in [-0.3, -0.25) is 5.32 Å². The van der Waals surface area contributed by atoms with E-state index in [1.807, 2.05) is 5.32 Å². The molecule has 2 N–H and O–H groups in total. The van der Waals surface area contributed by atoms with E-state index < -0.39 is 44.9 Å². The second kappa shape index (κ2) is 9.67. The molecule has 1 unspecified atom stereocenters. The van der Waals surface area contributed by atoms with Crippen molar-refractivity contribution in [2.45, 2.75) is 24.1 Å².